The normalized spacial score (nSPS) is 14.6. The number of rotatable bonds is 8. The van der Waals surface area contributed by atoms with Gasteiger partial charge in [-0.2, -0.15) is 25.3 Å². The molecule has 2 N–H and O–H groups in total. The van der Waals surface area contributed by atoms with Gasteiger partial charge in [0.2, 0.25) is 22.0 Å². The summed E-state index contributed by atoms with van der Waals surface area (Å²) in [6.07, 6.45) is 0. The number of nitrogens with one attached hydrogen (secondary N) is 2. The Kier molecular flexibility index (Phi) is 11.1. The highest BCUT2D eigenvalue weighted by Crippen LogP contribution is 2.25. The van der Waals surface area contributed by atoms with Crippen molar-refractivity contribution in [2.75, 3.05) is 13.1 Å². The smallest absolute Gasteiger partial charge is 0.216 e. The van der Waals surface area contributed by atoms with Crippen LogP contribution in [0.2, 0.25) is 0 Å². The van der Waals surface area contributed by atoms with Gasteiger partial charge >= 0.3 is 0 Å². The molecule has 0 aliphatic carbocycles. The van der Waals surface area contributed by atoms with E-state index in [0.717, 1.165) is 23.5 Å². The largest absolute Gasteiger partial charge is 0.354 e. The summed E-state index contributed by atoms with van der Waals surface area (Å²) in [5.74, 6) is -1.22. The highest BCUT2D eigenvalue weighted by Gasteiger charge is 2.26. The lowest BCUT2D eigenvalue weighted by Gasteiger charge is -2.15. The summed E-state index contributed by atoms with van der Waals surface area (Å²) in [6.45, 7) is 4.74. The van der Waals surface area contributed by atoms with Crippen LogP contribution in [0.5, 0.6) is 0 Å². The maximum atomic E-state index is 12.0. The molecule has 2 unspecified atom stereocenters. The highest BCUT2D eigenvalue weighted by atomic mass is 32.2. The van der Waals surface area contributed by atoms with Gasteiger partial charge in [-0.3, -0.25) is 19.2 Å². The molecule has 0 rings (SSSR count). The van der Waals surface area contributed by atoms with E-state index in [4.69, 9.17) is 0 Å². The number of amides is 2. The number of hydrogen-bond donors (Lipinski definition) is 4. The van der Waals surface area contributed by atoms with E-state index < -0.39 is 15.1 Å². The van der Waals surface area contributed by atoms with Crippen molar-refractivity contribution in [3.8, 4) is 0 Å². The molecule has 2 amide bonds. The molecular weight excluding hydrogens is 364 g/mol. The second kappa shape index (κ2) is 11.3. The van der Waals surface area contributed by atoms with Crippen LogP contribution in [0.25, 0.3) is 0 Å². The van der Waals surface area contributed by atoms with Crippen molar-refractivity contribution < 1.29 is 19.2 Å². The lowest BCUT2D eigenvalue weighted by atomic mass is 10.2. The Morgan fingerprint density at radius 1 is 0.864 bits per heavy atom. The molecule has 0 aromatic carbocycles. The molecule has 2 atom stereocenters. The van der Waals surface area contributed by atoms with E-state index in [-0.39, 0.29) is 35.1 Å². The first kappa shape index (κ1) is 21.7. The molecule has 0 aromatic rings. The predicted octanol–water partition coefficient (Wildman–Crippen LogP) is 0.926. The zero-order valence-electron chi connectivity index (χ0n) is 12.5. The standard InChI is InChI=1S/C12H20N2O4S4/c1-6(11(17)21-9(19)4-13-7(2)15)12(18)22-10(20)5-14-8(3)16/h6,9-10,19-20H,4-5H2,1-3H3,(H,13,15)(H,14,16). The van der Waals surface area contributed by atoms with Crippen molar-refractivity contribution >= 4 is 70.8 Å². The Morgan fingerprint density at radius 3 is 1.45 bits per heavy atom. The molecule has 22 heavy (non-hydrogen) atoms. The van der Waals surface area contributed by atoms with Crippen molar-refractivity contribution in [2.24, 2.45) is 5.92 Å². The van der Waals surface area contributed by atoms with Crippen LogP contribution in [0.15, 0.2) is 0 Å². The number of thioether (sulfide) groups is 2. The fraction of sp³-hybridized carbons (Fsp3) is 0.667. The Labute approximate surface area is 149 Å². The molecule has 10 heteroatoms. The van der Waals surface area contributed by atoms with E-state index in [0.29, 0.717) is 0 Å². The molecule has 6 nitrogen and oxygen atoms in total. The van der Waals surface area contributed by atoms with Crippen LogP contribution in [-0.2, 0) is 19.2 Å². The van der Waals surface area contributed by atoms with Gasteiger partial charge in [-0.15, -0.1) is 0 Å². The fourth-order valence-corrected chi connectivity index (χ4v) is 3.49. The maximum Gasteiger partial charge on any atom is 0.216 e. The Balaban J connectivity index is 4.22. The maximum absolute atomic E-state index is 12.0. The Hall–Kier alpha value is -0.320. The van der Waals surface area contributed by atoms with Crippen LogP contribution in [0.1, 0.15) is 20.8 Å². The summed E-state index contributed by atoms with van der Waals surface area (Å²) in [4.78, 5) is 45.5. The zero-order chi connectivity index (χ0) is 17.3. The first-order valence-electron chi connectivity index (χ1n) is 6.39. The molecule has 0 radical (unpaired) electrons. The molecule has 0 bridgehead atoms. The summed E-state index contributed by atoms with van der Waals surface area (Å²) in [5.41, 5.74) is 0. The lowest BCUT2D eigenvalue weighted by molar-refractivity contribution is -0.123. The minimum atomic E-state index is -0.811. The van der Waals surface area contributed by atoms with Crippen molar-refractivity contribution in [2.45, 2.75) is 29.9 Å². The molecule has 0 aromatic heterocycles. The van der Waals surface area contributed by atoms with E-state index in [2.05, 4.69) is 35.9 Å². The molecule has 0 spiro atoms. The van der Waals surface area contributed by atoms with E-state index in [1.54, 1.807) is 0 Å². The molecule has 0 saturated heterocycles. The van der Waals surface area contributed by atoms with Crippen molar-refractivity contribution in [1.29, 1.82) is 0 Å². The summed E-state index contributed by atoms with van der Waals surface area (Å²) in [6, 6.07) is 0. The van der Waals surface area contributed by atoms with Crippen LogP contribution in [-0.4, -0.2) is 44.3 Å². The van der Waals surface area contributed by atoms with E-state index in [1.807, 2.05) is 0 Å². The average Bonchev–Trinajstić information content (AvgIpc) is 2.41. The van der Waals surface area contributed by atoms with Crippen LogP contribution < -0.4 is 10.6 Å². The third-order valence-corrected chi connectivity index (χ3v) is 5.31. The predicted molar refractivity (Wildman–Crippen MR) is 97.3 cm³/mol. The quantitative estimate of drug-likeness (QED) is 0.283. The monoisotopic (exact) mass is 384 g/mol. The molecular formula is C12H20N2O4S4. The van der Waals surface area contributed by atoms with Gasteiger partial charge < -0.3 is 10.6 Å². The average molecular weight is 385 g/mol. The van der Waals surface area contributed by atoms with Crippen LogP contribution in [0.3, 0.4) is 0 Å². The number of hydrogen-bond acceptors (Lipinski definition) is 8. The van der Waals surface area contributed by atoms with Gasteiger partial charge in [-0.25, -0.2) is 0 Å². The molecule has 0 aliphatic heterocycles. The first-order valence-corrected chi connectivity index (χ1v) is 9.18. The molecule has 126 valence electrons. The van der Waals surface area contributed by atoms with Crippen LogP contribution >= 0.6 is 48.8 Å². The second-order valence-corrected chi connectivity index (χ2v) is 8.74. The van der Waals surface area contributed by atoms with Crippen molar-refractivity contribution in [3.63, 3.8) is 0 Å². The lowest BCUT2D eigenvalue weighted by Crippen LogP contribution is -2.29. The van der Waals surface area contributed by atoms with Crippen molar-refractivity contribution in [3.05, 3.63) is 0 Å². The van der Waals surface area contributed by atoms with Gasteiger partial charge in [0.1, 0.15) is 0 Å². The fourth-order valence-electron chi connectivity index (χ4n) is 1.11. The van der Waals surface area contributed by atoms with Crippen LogP contribution in [0.4, 0.5) is 0 Å². The number of carbonyl (C=O) groups excluding carboxylic acids is 4. The molecule has 0 fully saturated rings. The van der Waals surface area contributed by atoms with Crippen LogP contribution in [0, 0.1) is 5.92 Å². The van der Waals surface area contributed by atoms with E-state index in [9.17, 15) is 19.2 Å². The van der Waals surface area contributed by atoms with Gasteiger partial charge in [0, 0.05) is 26.9 Å². The number of thiol groups is 2. The minimum Gasteiger partial charge on any atom is -0.354 e. The van der Waals surface area contributed by atoms with Gasteiger partial charge in [-0.05, 0) is 6.92 Å². The van der Waals surface area contributed by atoms with Crippen molar-refractivity contribution in [1.82, 2.24) is 10.6 Å². The Bertz CT molecular complexity index is 395. The minimum absolute atomic E-state index is 0.206. The Morgan fingerprint density at radius 2 is 1.18 bits per heavy atom. The third-order valence-electron chi connectivity index (χ3n) is 2.26. The highest BCUT2D eigenvalue weighted by molar-refractivity contribution is 8.22. The van der Waals surface area contributed by atoms with Gasteiger partial charge in [0.05, 0.1) is 15.1 Å². The van der Waals surface area contributed by atoms with E-state index >= 15 is 0 Å². The van der Waals surface area contributed by atoms with Gasteiger partial charge in [-0.1, -0.05) is 23.5 Å². The molecule has 0 heterocycles. The molecule has 0 aliphatic rings. The zero-order valence-corrected chi connectivity index (χ0v) is 15.9. The summed E-state index contributed by atoms with van der Waals surface area (Å²) >= 11 is 10.2. The topological polar surface area (TPSA) is 92.3 Å². The first-order chi connectivity index (χ1) is 10.1. The second-order valence-electron chi connectivity index (χ2n) is 4.38. The summed E-state index contributed by atoms with van der Waals surface area (Å²) < 4.78 is -0.828. The van der Waals surface area contributed by atoms with Gasteiger partial charge in [0.25, 0.3) is 0 Å². The van der Waals surface area contributed by atoms with E-state index in [1.165, 1.54) is 20.8 Å². The number of carbonyl (C=O) groups is 4. The molecule has 0 saturated carbocycles. The van der Waals surface area contributed by atoms with Gasteiger partial charge in [0.15, 0.2) is 0 Å². The summed E-state index contributed by atoms with van der Waals surface area (Å²) in [5, 5.41) is 4.46. The third kappa shape index (κ3) is 10.4. The summed E-state index contributed by atoms with van der Waals surface area (Å²) in [7, 11) is 0. The SMILES string of the molecule is CC(=O)NCC(S)SC(=O)C(C)C(=O)SC(S)CNC(C)=O.